The molecule has 3 nitrogen and oxygen atoms in total. The predicted molar refractivity (Wildman–Crippen MR) is 83.4 cm³/mol. The van der Waals surface area contributed by atoms with Gasteiger partial charge in [-0.05, 0) is 48.2 Å². The SMILES string of the molecule is O=C(/C=C/c1ccc(F)cc1)N1CCCC1c1cccnc1. The molecule has 0 bridgehead atoms. The molecule has 1 aliphatic rings. The van der Waals surface area contributed by atoms with Crippen LogP contribution in [-0.4, -0.2) is 22.3 Å². The summed E-state index contributed by atoms with van der Waals surface area (Å²) in [4.78, 5) is 18.4. The maximum Gasteiger partial charge on any atom is 0.247 e. The molecule has 2 aromatic rings. The van der Waals surface area contributed by atoms with Crippen molar-refractivity contribution < 1.29 is 9.18 Å². The standard InChI is InChI=1S/C18H17FN2O/c19-16-8-5-14(6-9-16)7-10-18(22)21-12-2-4-17(21)15-3-1-11-20-13-15/h1,3,5-11,13,17H,2,4,12H2/b10-7+. The van der Waals surface area contributed by atoms with E-state index < -0.39 is 0 Å². The zero-order valence-electron chi connectivity index (χ0n) is 12.2. The zero-order chi connectivity index (χ0) is 15.4. The van der Waals surface area contributed by atoms with Crippen LogP contribution in [0.25, 0.3) is 6.08 Å². The molecule has 1 aromatic heterocycles. The molecule has 4 heteroatoms. The van der Waals surface area contributed by atoms with Gasteiger partial charge in [0, 0.05) is 25.0 Å². The number of carbonyl (C=O) groups excluding carboxylic acids is 1. The predicted octanol–water partition coefficient (Wildman–Crippen LogP) is 3.60. The van der Waals surface area contributed by atoms with Crippen molar-refractivity contribution in [2.75, 3.05) is 6.54 Å². The summed E-state index contributed by atoms with van der Waals surface area (Å²) in [7, 11) is 0. The number of hydrogen-bond donors (Lipinski definition) is 0. The Morgan fingerprint density at radius 2 is 2.09 bits per heavy atom. The molecular formula is C18H17FN2O. The molecule has 1 atom stereocenters. The van der Waals surface area contributed by atoms with E-state index >= 15 is 0 Å². The second kappa shape index (κ2) is 6.52. The summed E-state index contributed by atoms with van der Waals surface area (Å²) in [5, 5.41) is 0. The van der Waals surface area contributed by atoms with Crippen LogP contribution in [0, 0.1) is 5.82 Å². The Kier molecular flexibility index (Phi) is 4.28. The normalized spacial score (nSPS) is 18.0. The summed E-state index contributed by atoms with van der Waals surface area (Å²) in [6, 6.07) is 10.1. The Bertz CT molecular complexity index is 667. The molecule has 1 aliphatic heterocycles. The molecule has 3 rings (SSSR count). The van der Waals surface area contributed by atoms with Gasteiger partial charge in [-0.1, -0.05) is 18.2 Å². The quantitative estimate of drug-likeness (QED) is 0.811. The molecule has 0 saturated carbocycles. The molecule has 1 unspecified atom stereocenters. The Hall–Kier alpha value is -2.49. The summed E-state index contributed by atoms with van der Waals surface area (Å²) in [6.45, 7) is 0.756. The lowest BCUT2D eigenvalue weighted by Crippen LogP contribution is -2.28. The molecule has 22 heavy (non-hydrogen) atoms. The third kappa shape index (κ3) is 3.22. The van der Waals surface area contributed by atoms with Crippen LogP contribution in [0.1, 0.15) is 30.0 Å². The molecule has 1 amide bonds. The smallest absolute Gasteiger partial charge is 0.247 e. The summed E-state index contributed by atoms with van der Waals surface area (Å²) < 4.78 is 12.9. The number of halogens is 1. The van der Waals surface area contributed by atoms with Crippen LogP contribution in [0.2, 0.25) is 0 Å². The molecular weight excluding hydrogens is 279 g/mol. The minimum absolute atomic E-state index is 0.0179. The van der Waals surface area contributed by atoms with E-state index in [1.807, 2.05) is 23.2 Å². The topological polar surface area (TPSA) is 33.2 Å². The molecule has 2 heterocycles. The Morgan fingerprint density at radius 1 is 1.27 bits per heavy atom. The highest BCUT2D eigenvalue weighted by Gasteiger charge is 2.28. The van der Waals surface area contributed by atoms with Crippen molar-refractivity contribution in [3.05, 3.63) is 71.8 Å². The van der Waals surface area contributed by atoms with Crippen LogP contribution in [0.15, 0.2) is 54.9 Å². The second-order valence-electron chi connectivity index (χ2n) is 5.36. The average Bonchev–Trinajstić information content (AvgIpc) is 3.04. The highest BCUT2D eigenvalue weighted by atomic mass is 19.1. The highest BCUT2D eigenvalue weighted by Crippen LogP contribution is 2.31. The summed E-state index contributed by atoms with van der Waals surface area (Å²) in [6.07, 6.45) is 8.79. The Labute approximate surface area is 129 Å². The largest absolute Gasteiger partial charge is 0.332 e. The van der Waals surface area contributed by atoms with Gasteiger partial charge in [0.15, 0.2) is 0 Å². The van der Waals surface area contributed by atoms with Gasteiger partial charge in [0.2, 0.25) is 5.91 Å². The fraction of sp³-hybridized carbons (Fsp3) is 0.222. The maximum atomic E-state index is 12.9. The van der Waals surface area contributed by atoms with Crippen molar-refractivity contribution in [2.24, 2.45) is 0 Å². The van der Waals surface area contributed by atoms with Crippen LogP contribution in [0.5, 0.6) is 0 Å². The fourth-order valence-electron chi connectivity index (χ4n) is 2.79. The minimum Gasteiger partial charge on any atom is -0.332 e. The molecule has 112 valence electrons. The summed E-state index contributed by atoms with van der Waals surface area (Å²) in [5.74, 6) is -0.296. The first-order valence-electron chi connectivity index (χ1n) is 7.38. The Balaban J connectivity index is 1.72. The van der Waals surface area contributed by atoms with Gasteiger partial charge in [-0.15, -0.1) is 0 Å². The average molecular weight is 296 g/mol. The van der Waals surface area contributed by atoms with Crippen molar-refractivity contribution in [2.45, 2.75) is 18.9 Å². The molecule has 0 spiro atoms. The van der Waals surface area contributed by atoms with Gasteiger partial charge in [-0.3, -0.25) is 9.78 Å². The van der Waals surface area contributed by atoms with Crippen molar-refractivity contribution in [3.63, 3.8) is 0 Å². The van der Waals surface area contributed by atoms with E-state index in [1.165, 1.54) is 12.1 Å². The number of nitrogens with zero attached hydrogens (tertiary/aromatic N) is 2. The number of rotatable bonds is 3. The van der Waals surface area contributed by atoms with Crippen molar-refractivity contribution in [1.29, 1.82) is 0 Å². The second-order valence-corrected chi connectivity index (χ2v) is 5.36. The lowest BCUT2D eigenvalue weighted by molar-refractivity contribution is -0.126. The van der Waals surface area contributed by atoms with Crippen LogP contribution in [0.3, 0.4) is 0 Å². The third-order valence-electron chi connectivity index (χ3n) is 3.89. The van der Waals surface area contributed by atoms with Gasteiger partial charge in [0.05, 0.1) is 6.04 Å². The number of likely N-dealkylation sites (tertiary alicyclic amines) is 1. The van der Waals surface area contributed by atoms with Gasteiger partial charge < -0.3 is 4.90 Å². The van der Waals surface area contributed by atoms with Crippen molar-refractivity contribution >= 4 is 12.0 Å². The van der Waals surface area contributed by atoms with Gasteiger partial charge in [-0.2, -0.15) is 0 Å². The molecule has 1 aromatic carbocycles. The zero-order valence-corrected chi connectivity index (χ0v) is 12.2. The number of hydrogen-bond acceptors (Lipinski definition) is 2. The van der Waals surface area contributed by atoms with Crippen LogP contribution < -0.4 is 0 Å². The number of aromatic nitrogens is 1. The first-order chi connectivity index (χ1) is 10.7. The molecule has 1 fully saturated rings. The monoisotopic (exact) mass is 296 g/mol. The fourth-order valence-corrected chi connectivity index (χ4v) is 2.79. The first kappa shape index (κ1) is 14.4. The van der Waals surface area contributed by atoms with E-state index in [0.29, 0.717) is 0 Å². The molecule has 1 saturated heterocycles. The van der Waals surface area contributed by atoms with E-state index in [9.17, 15) is 9.18 Å². The van der Waals surface area contributed by atoms with E-state index in [4.69, 9.17) is 0 Å². The third-order valence-corrected chi connectivity index (χ3v) is 3.89. The lowest BCUT2D eigenvalue weighted by atomic mass is 10.1. The van der Waals surface area contributed by atoms with Crippen LogP contribution in [-0.2, 0) is 4.79 Å². The van der Waals surface area contributed by atoms with E-state index in [0.717, 1.165) is 30.5 Å². The van der Waals surface area contributed by atoms with Gasteiger partial charge >= 0.3 is 0 Å². The van der Waals surface area contributed by atoms with Crippen LogP contribution >= 0.6 is 0 Å². The molecule has 0 N–H and O–H groups in total. The minimum atomic E-state index is -0.278. The van der Waals surface area contributed by atoms with E-state index in [2.05, 4.69) is 4.98 Å². The van der Waals surface area contributed by atoms with Crippen molar-refractivity contribution in [3.8, 4) is 0 Å². The summed E-state index contributed by atoms with van der Waals surface area (Å²) in [5.41, 5.74) is 1.88. The van der Waals surface area contributed by atoms with Gasteiger partial charge in [0.1, 0.15) is 5.82 Å². The highest BCUT2D eigenvalue weighted by molar-refractivity contribution is 5.92. The van der Waals surface area contributed by atoms with Crippen molar-refractivity contribution in [1.82, 2.24) is 9.88 Å². The number of amides is 1. The van der Waals surface area contributed by atoms with Crippen LogP contribution in [0.4, 0.5) is 4.39 Å². The van der Waals surface area contributed by atoms with Gasteiger partial charge in [0.25, 0.3) is 0 Å². The summed E-state index contributed by atoms with van der Waals surface area (Å²) >= 11 is 0. The number of carbonyl (C=O) groups is 1. The molecule has 0 aliphatic carbocycles. The first-order valence-corrected chi connectivity index (χ1v) is 7.38. The Morgan fingerprint density at radius 3 is 2.82 bits per heavy atom. The maximum absolute atomic E-state index is 12.9. The van der Waals surface area contributed by atoms with Gasteiger partial charge in [-0.25, -0.2) is 4.39 Å². The van der Waals surface area contributed by atoms with E-state index in [-0.39, 0.29) is 17.8 Å². The lowest BCUT2D eigenvalue weighted by Gasteiger charge is -2.23. The number of pyridine rings is 1. The molecule has 0 radical (unpaired) electrons. The van der Waals surface area contributed by atoms with E-state index in [1.54, 1.807) is 30.5 Å². The number of benzene rings is 1.